The van der Waals surface area contributed by atoms with Gasteiger partial charge < -0.3 is 36.2 Å². The van der Waals surface area contributed by atoms with Crippen LogP contribution in [0.4, 0.5) is 0 Å². The van der Waals surface area contributed by atoms with Gasteiger partial charge >= 0.3 is 5.97 Å². The number of hydrogen-bond donors (Lipinski definition) is 6. The number of aliphatic carboxylic acids is 1. The molecule has 1 rings (SSSR count). The standard InChI is InChI=1S/C33H56N4O7/c1-8-9-10-11-12-13-25(34-6)29(39)31(41)35-26(18-21(2)3)32(42)37(7)28(19-22(4)5)30(40)36-27(33(43)44)20-23-14-16-24(38)17-15-23/h14-17,21-22,25-29,34,38-39H,8-13,18-20H2,1-7H3,(H,35,41)(H,36,40)(H,43,44)/t25-,26-,27+,28-,29-/m0/s1. The van der Waals surface area contributed by atoms with Crippen LogP contribution in [0.3, 0.4) is 0 Å². The number of hydrogen-bond acceptors (Lipinski definition) is 7. The molecule has 0 aromatic heterocycles. The number of aliphatic hydroxyl groups excluding tert-OH is 1. The highest BCUT2D eigenvalue weighted by atomic mass is 16.4. The van der Waals surface area contributed by atoms with E-state index in [2.05, 4.69) is 22.9 Å². The van der Waals surface area contributed by atoms with Crippen molar-refractivity contribution < 1.29 is 34.5 Å². The molecular formula is C33H56N4O7. The lowest BCUT2D eigenvalue weighted by Crippen LogP contribution is -2.58. The molecule has 0 aliphatic carbocycles. The molecule has 11 nitrogen and oxygen atoms in total. The number of nitrogens with one attached hydrogen (secondary N) is 3. The zero-order valence-electron chi connectivity index (χ0n) is 27.6. The number of rotatable bonds is 21. The summed E-state index contributed by atoms with van der Waals surface area (Å²) in [5.41, 5.74) is 0.611. The molecule has 1 aromatic rings. The summed E-state index contributed by atoms with van der Waals surface area (Å²) in [7, 11) is 3.17. The molecule has 0 heterocycles. The number of unbranched alkanes of at least 4 members (excludes halogenated alkanes) is 4. The largest absolute Gasteiger partial charge is 0.508 e. The van der Waals surface area contributed by atoms with Crippen molar-refractivity contribution in [2.75, 3.05) is 14.1 Å². The Morgan fingerprint density at radius 1 is 0.841 bits per heavy atom. The van der Waals surface area contributed by atoms with E-state index < -0.39 is 54.0 Å². The topological polar surface area (TPSA) is 168 Å². The molecule has 44 heavy (non-hydrogen) atoms. The summed E-state index contributed by atoms with van der Waals surface area (Å²) >= 11 is 0. The number of carbonyl (C=O) groups excluding carboxylic acids is 3. The van der Waals surface area contributed by atoms with Crippen LogP contribution in [0.15, 0.2) is 24.3 Å². The zero-order chi connectivity index (χ0) is 33.4. The average Bonchev–Trinajstić information content (AvgIpc) is 2.96. The van der Waals surface area contributed by atoms with Crippen molar-refractivity contribution >= 4 is 23.7 Å². The van der Waals surface area contributed by atoms with Gasteiger partial charge in [-0.2, -0.15) is 0 Å². The second kappa shape index (κ2) is 20.0. The van der Waals surface area contributed by atoms with Gasteiger partial charge in [0.2, 0.25) is 11.8 Å². The van der Waals surface area contributed by atoms with Crippen molar-refractivity contribution in [3.8, 4) is 5.75 Å². The van der Waals surface area contributed by atoms with E-state index in [1.807, 2.05) is 27.7 Å². The van der Waals surface area contributed by atoms with Gasteiger partial charge in [0, 0.05) is 19.5 Å². The molecule has 0 aliphatic heterocycles. The van der Waals surface area contributed by atoms with E-state index in [0.717, 1.165) is 32.1 Å². The molecule has 0 saturated heterocycles. The number of phenols is 1. The number of likely N-dealkylation sites (N-methyl/N-ethyl adjacent to an activating group) is 2. The van der Waals surface area contributed by atoms with Gasteiger partial charge in [-0.05, 0) is 55.8 Å². The van der Waals surface area contributed by atoms with Gasteiger partial charge in [-0.15, -0.1) is 0 Å². The number of aromatic hydroxyl groups is 1. The van der Waals surface area contributed by atoms with Crippen molar-refractivity contribution in [1.82, 2.24) is 20.9 Å². The van der Waals surface area contributed by atoms with Crippen molar-refractivity contribution in [3.05, 3.63) is 29.8 Å². The van der Waals surface area contributed by atoms with Crippen LogP contribution in [0.25, 0.3) is 0 Å². The predicted octanol–water partition coefficient (Wildman–Crippen LogP) is 3.22. The fraction of sp³-hybridized carbons (Fsp3) is 0.697. The van der Waals surface area contributed by atoms with E-state index in [1.54, 1.807) is 19.2 Å². The van der Waals surface area contributed by atoms with Crippen LogP contribution in [0.5, 0.6) is 5.75 Å². The number of phenolic OH excluding ortho intramolecular Hbond substituents is 1. The summed E-state index contributed by atoms with van der Waals surface area (Å²) in [6.07, 6.45) is 5.05. The smallest absolute Gasteiger partial charge is 0.326 e. The Kier molecular flexibility index (Phi) is 17.6. The number of aliphatic hydroxyl groups is 1. The van der Waals surface area contributed by atoms with E-state index in [9.17, 15) is 34.5 Å². The van der Waals surface area contributed by atoms with Gasteiger partial charge in [0.15, 0.2) is 0 Å². The first-order valence-corrected chi connectivity index (χ1v) is 15.9. The number of benzene rings is 1. The summed E-state index contributed by atoms with van der Waals surface area (Å²) in [5.74, 6) is -2.94. The summed E-state index contributed by atoms with van der Waals surface area (Å²) in [6.45, 7) is 9.76. The van der Waals surface area contributed by atoms with E-state index >= 15 is 0 Å². The van der Waals surface area contributed by atoms with Crippen molar-refractivity contribution in [2.24, 2.45) is 11.8 Å². The Morgan fingerprint density at radius 2 is 1.41 bits per heavy atom. The zero-order valence-corrected chi connectivity index (χ0v) is 27.6. The maximum atomic E-state index is 13.8. The van der Waals surface area contributed by atoms with E-state index in [1.165, 1.54) is 24.1 Å². The molecule has 1 aromatic carbocycles. The highest BCUT2D eigenvalue weighted by Gasteiger charge is 2.36. The summed E-state index contributed by atoms with van der Waals surface area (Å²) in [4.78, 5) is 53.8. The monoisotopic (exact) mass is 620 g/mol. The molecule has 0 unspecified atom stereocenters. The molecule has 0 radical (unpaired) electrons. The lowest BCUT2D eigenvalue weighted by Gasteiger charge is -2.33. The third-order valence-electron chi connectivity index (χ3n) is 7.76. The van der Waals surface area contributed by atoms with Crippen LogP contribution in [-0.2, 0) is 25.6 Å². The van der Waals surface area contributed by atoms with Gasteiger partial charge in [0.25, 0.3) is 5.91 Å². The Hall–Kier alpha value is -3.18. The van der Waals surface area contributed by atoms with Crippen LogP contribution in [0.1, 0.15) is 91.5 Å². The molecule has 0 bridgehead atoms. The molecule has 0 spiro atoms. The Balaban J connectivity index is 3.09. The quantitative estimate of drug-likeness (QED) is 0.114. The van der Waals surface area contributed by atoms with Crippen LogP contribution in [0.2, 0.25) is 0 Å². The third kappa shape index (κ3) is 13.6. The number of carboxylic acid groups (broad SMARTS) is 1. The lowest BCUT2D eigenvalue weighted by molar-refractivity contribution is -0.146. The van der Waals surface area contributed by atoms with Gasteiger partial charge in [-0.3, -0.25) is 14.4 Å². The number of carboxylic acids is 1. The molecule has 0 saturated carbocycles. The van der Waals surface area contributed by atoms with E-state index in [0.29, 0.717) is 12.0 Å². The molecule has 0 fully saturated rings. The highest BCUT2D eigenvalue weighted by Crippen LogP contribution is 2.17. The molecule has 5 atom stereocenters. The van der Waals surface area contributed by atoms with Crippen LogP contribution < -0.4 is 16.0 Å². The van der Waals surface area contributed by atoms with Gasteiger partial charge in [0.1, 0.15) is 30.0 Å². The Morgan fingerprint density at radius 3 is 1.93 bits per heavy atom. The number of nitrogens with zero attached hydrogens (tertiary/aromatic N) is 1. The summed E-state index contributed by atoms with van der Waals surface area (Å²) in [6, 6.07) is 2.34. The highest BCUT2D eigenvalue weighted by molar-refractivity contribution is 5.94. The molecule has 0 aliphatic rings. The minimum atomic E-state index is -1.36. The Bertz CT molecular complexity index is 1030. The first-order valence-electron chi connectivity index (χ1n) is 15.9. The summed E-state index contributed by atoms with van der Waals surface area (Å²) in [5, 5.41) is 38.5. The predicted molar refractivity (Wildman–Crippen MR) is 171 cm³/mol. The fourth-order valence-corrected chi connectivity index (χ4v) is 5.18. The second-order valence-corrected chi connectivity index (χ2v) is 12.6. The molecule has 3 amide bonds. The summed E-state index contributed by atoms with van der Waals surface area (Å²) < 4.78 is 0. The maximum absolute atomic E-state index is 13.8. The van der Waals surface area contributed by atoms with Crippen LogP contribution >= 0.6 is 0 Å². The first-order chi connectivity index (χ1) is 20.7. The second-order valence-electron chi connectivity index (χ2n) is 12.6. The average molecular weight is 621 g/mol. The number of amides is 3. The maximum Gasteiger partial charge on any atom is 0.326 e. The van der Waals surface area contributed by atoms with Gasteiger partial charge in [-0.1, -0.05) is 78.9 Å². The van der Waals surface area contributed by atoms with Gasteiger partial charge in [0.05, 0.1) is 0 Å². The van der Waals surface area contributed by atoms with E-state index in [-0.39, 0.29) is 36.8 Å². The number of carbonyl (C=O) groups is 4. The normalized spacial score (nSPS) is 14.9. The lowest BCUT2D eigenvalue weighted by atomic mass is 9.97. The van der Waals surface area contributed by atoms with Gasteiger partial charge in [-0.25, -0.2) is 4.79 Å². The van der Waals surface area contributed by atoms with Crippen LogP contribution in [0, 0.1) is 11.8 Å². The third-order valence-corrected chi connectivity index (χ3v) is 7.76. The van der Waals surface area contributed by atoms with Crippen molar-refractivity contribution in [3.63, 3.8) is 0 Å². The molecule has 250 valence electrons. The minimum Gasteiger partial charge on any atom is -0.508 e. The molecule has 11 heteroatoms. The first kappa shape index (κ1) is 38.8. The van der Waals surface area contributed by atoms with Crippen molar-refractivity contribution in [1.29, 1.82) is 0 Å². The molecule has 6 N–H and O–H groups in total. The van der Waals surface area contributed by atoms with Crippen LogP contribution in [-0.4, -0.2) is 88.3 Å². The van der Waals surface area contributed by atoms with Crippen molar-refractivity contribution in [2.45, 2.75) is 123 Å². The molecular weight excluding hydrogens is 564 g/mol. The fourth-order valence-electron chi connectivity index (χ4n) is 5.18. The van der Waals surface area contributed by atoms with E-state index in [4.69, 9.17) is 0 Å². The minimum absolute atomic E-state index is 0.00458. The SMILES string of the molecule is CCCCCCC[C@H](NC)[C@H](O)C(=O)N[C@@H](CC(C)C)C(=O)N(C)[C@@H](CC(C)C)C(=O)N[C@H](Cc1ccc(O)cc1)C(=O)O. The Labute approximate surface area is 263 Å².